The number of anilines is 4. The van der Waals surface area contributed by atoms with Crippen LogP contribution in [-0.4, -0.2) is 164 Å². The Balaban J connectivity index is 0.000000176. The number of carbonyl (C=O) groups excluding carboxylic acids is 1. The number of rotatable bonds is 11. The van der Waals surface area contributed by atoms with Gasteiger partial charge >= 0.3 is 5.97 Å². The first-order chi connectivity index (χ1) is 34.5. The third kappa shape index (κ3) is 10.4. The molecule has 0 unspecified atom stereocenters. The molecule has 8 heterocycles. The molecule has 1 N–H and O–H groups in total. The van der Waals surface area contributed by atoms with Crippen LogP contribution < -0.4 is 29.1 Å². The minimum absolute atomic E-state index is 0.0474. The van der Waals surface area contributed by atoms with Gasteiger partial charge in [-0.25, -0.2) is 14.8 Å². The molecular weight excluding hydrogens is 909 g/mol. The number of hydrogen-bond donors (Lipinski definition) is 1. The van der Waals surface area contributed by atoms with E-state index < -0.39 is 5.97 Å². The van der Waals surface area contributed by atoms with Crippen LogP contribution in [-0.2, 0) is 18.9 Å². The average Bonchev–Trinajstić information content (AvgIpc) is 3.40. The summed E-state index contributed by atoms with van der Waals surface area (Å²) in [5.41, 5.74) is 4.95. The van der Waals surface area contributed by atoms with Gasteiger partial charge in [0.1, 0.15) is 28.7 Å². The van der Waals surface area contributed by atoms with Crippen molar-refractivity contribution >= 4 is 57.4 Å². The molecule has 4 aliphatic heterocycles. The number of aromatic nitrogens is 6. The Morgan fingerprint density at radius 3 is 1.32 bits per heavy atom. The number of carboxylic acids is 1. The maximum absolute atomic E-state index is 12.3. The molecule has 374 valence electrons. The Hall–Kier alpha value is -6.80. The number of carboxylic acid groups (broad SMARTS) is 1. The number of ketones is 1. The lowest BCUT2D eigenvalue weighted by atomic mass is 10.0. The molecule has 0 spiro atoms. The van der Waals surface area contributed by atoms with Crippen molar-refractivity contribution in [2.45, 2.75) is 65.2 Å². The topological polar surface area (TPSA) is 200 Å². The van der Waals surface area contributed by atoms with Crippen molar-refractivity contribution in [2.24, 2.45) is 0 Å². The zero-order chi connectivity index (χ0) is 49.8. The summed E-state index contributed by atoms with van der Waals surface area (Å²) in [5.74, 6) is 2.86. The highest BCUT2D eigenvalue weighted by Crippen LogP contribution is 2.35. The molecular formula is C52H62N10O9. The molecule has 71 heavy (non-hydrogen) atoms. The minimum atomic E-state index is -1.04. The highest BCUT2D eigenvalue weighted by Gasteiger charge is 2.30. The van der Waals surface area contributed by atoms with Gasteiger partial charge in [0.25, 0.3) is 0 Å². The Bertz CT molecular complexity index is 2910. The number of hydrogen-bond acceptors (Lipinski definition) is 18. The lowest BCUT2D eigenvalue weighted by Crippen LogP contribution is -2.46. The van der Waals surface area contributed by atoms with Crippen molar-refractivity contribution in [3.63, 3.8) is 0 Å². The van der Waals surface area contributed by atoms with Gasteiger partial charge in [-0.2, -0.15) is 19.9 Å². The summed E-state index contributed by atoms with van der Waals surface area (Å²) in [6.45, 7) is 18.4. The van der Waals surface area contributed by atoms with Crippen molar-refractivity contribution in [2.75, 3.05) is 113 Å². The smallest absolute Gasteiger partial charge is 0.339 e. The summed E-state index contributed by atoms with van der Waals surface area (Å²) in [7, 11) is 3.04. The number of carbonyl (C=O) groups is 2. The number of fused-ring (bicyclic) bond motifs is 2. The van der Waals surface area contributed by atoms with Gasteiger partial charge < -0.3 is 53.1 Å². The van der Waals surface area contributed by atoms with E-state index >= 15 is 0 Å². The first-order valence-corrected chi connectivity index (χ1v) is 24.3. The van der Waals surface area contributed by atoms with E-state index in [0.717, 1.165) is 58.9 Å². The quantitative estimate of drug-likeness (QED) is 0.136. The predicted molar refractivity (Wildman–Crippen MR) is 271 cm³/mol. The molecule has 0 bridgehead atoms. The van der Waals surface area contributed by atoms with Gasteiger partial charge in [0, 0.05) is 43.7 Å². The first-order valence-electron chi connectivity index (χ1n) is 24.3. The number of pyridine rings is 2. The van der Waals surface area contributed by atoms with Gasteiger partial charge in [-0.15, -0.1) is 0 Å². The van der Waals surface area contributed by atoms with Crippen molar-refractivity contribution < 1.29 is 43.1 Å². The third-order valence-corrected chi connectivity index (χ3v) is 13.4. The summed E-state index contributed by atoms with van der Waals surface area (Å²) < 4.78 is 33.4. The van der Waals surface area contributed by atoms with E-state index in [1.54, 1.807) is 19.2 Å². The van der Waals surface area contributed by atoms with Gasteiger partial charge in [0.05, 0.1) is 119 Å². The van der Waals surface area contributed by atoms with Crippen molar-refractivity contribution in [3.8, 4) is 34.0 Å². The molecule has 19 heteroatoms. The standard InChI is InChI=1S/C27H33N5O4.C25H29N5O5/c1-5-23(33)20-7-6-19(14-24(20)34-4)22-9-8-21-25(28-22)29-27(32-11-13-36-16-18(32)3)30-26(21)31-10-12-35-15-17(31)2;1-15-13-34-10-8-29(15)23-19-6-7-20(17-4-5-18(24(31)32)21(12-17)33-3)26-22(19)27-25(28-23)30-9-11-35-14-16(30)2/h6-9,14,17-18H,5,10-13,15-16H2,1-4H3;4-7,12,15-16H,8-11,13-14H2,1-3H3,(H,31,32)/t17-,18-;15-,16-/m00/s1. The molecule has 4 saturated heterocycles. The number of methoxy groups -OCH3 is 2. The molecule has 19 nitrogen and oxygen atoms in total. The van der Waals surface area contributed by atoms with E-state index in [1.165, 1.54) is 13.2 Å². The van der Waals surface area contributed by atoms with E-state index in [0.29, 0.717) is 106 Å². The van der Waals surface area contributed by atoms with E-state index in [-0.39, 0.29) is 41.3 Å². The molecule has 4 fully saturated rings. The lowest BCUT2D eigenvalue weighted by Gasteiger charge is -2.37. The SMILES string of the molecule is CCC(=O)c1ccc(-c2ccc3c(N4CCOC[C@@H]4C)nc(N4CCOC[C@@H]4C)nc3n2)cc1OC.COc1cc(-c2ccc3c(N4CCOC[C@@H]4C)nc(N4CCOC[C@@H]4C)nc3n2)ccc1C(=O)O. The first kappa shape index (κ1) is 49.2. The molecule has 4 aromatic heterocycles. The Labute approximate surface area is 413 Å². The number of aromatic carboxylic acids is 1. The van der Waals surface area contributed by atoms with Crippen LogP contribution >= 0.6 is 0 Å². The molecule has 0 amide bonds. The van der Waals surface area contributed by atoms with Crippen LogP contribution in [0.2, 0.25) is 0 Å². The summed E-state index contributed by atoms with van der Waals surface area (Å²) in [6, 6.07) is 19.1. The molecule has 2 aromatic carbocycles. The molecule has 0 saturated carbocycles. The maximum atomic E-state index is 12.3. The second-order valence-electron chi connectivity index (χ2n) is 18.2. The monoisotopic (exact) mass is 970 g/mol. The lowest BCUT2D eigenvalue weighted by molar-refractivity contribution is 0.0693. The van der Waals surface area contributed by atoms with Crippen molar-refractivity contribution in [1.29, 1.82) is 0 Å². The largest absolute Gasteiger partial charge is 0.496 e. The molecule has 6 aromatic rings. The van der Waals surface area contributed by atoms with E-state index in [9.17, 15) is 14.7 Å². The Morgan fingerprint density at radius 1 is 0.549 bits per heavy atom. The Kier molecular flexibility index (Phi) is 15.0. The number of morpholine rings is 4. The minimum Gasteiger partial charge on any atom is -0.496 e. The van der Waals surface area contributed by atoms with Gasteiger partial charge in [-0.05, 0) is 76.2 Å². The second kappa shape index (κ2) is 21.7. The maximum Gasteiger partial charge on any atom is 0.339 e. The van der Waals surface area contributed by atoms with Crippen LogP contribution in [0.25, 0.3) is 44.6 Å². The molecule has 4 atom stereocenters. The van der Waals surface area contributed by atoms with E-state index in [1.807, 2.05) is 49.4 Å². The summed E-state index contributed by atoms with van der Waals surface area (Å²) in [4.78, 5) is 62.4. The van der Waals surface area contributed by atoms with Crippen LogP contribution in [0, 0.1) is 0 Å². The zero-order valence-electron chi connectivity index (χ0n) is 41.5. The highest BCUT2D eigenvalue weighted by molar-refractivity contribution is 5.99. The summed E-state index contributed by atoms with van der Waals surface area (Å²) in [5, 5.41) is 11.2. The molecule has 0 radical (unpaired) electrons. The fourth-order valence-electron chi connectivity index (χ4n) is 9.41. The summed E-state index contributed by atoms with van der Waals surface area (Å²) in [6.07, 6.45) is 0.423. The van der Waals surface area contributed by atoms with E-state index in [4.69, 9.17) is 58.3 Å². The fourth-order valence-corrected chi connectivity index (χ4v) is 9.41. The predicted octanol–water partition coefficient (Wildman–Crippen LogP) is 6.59. The molecule has 0 aliphatic carbocycles. The van der Waals surface area contributed by atoms with Crippen molar-refractivity contribution in [3.05, 3.63) is 71.8 Å². The number of nitrogens with zero attached hydrogens (tertiary/aromatic N) is 10. The van der Waals surface area contributed by atoms with Gasteiger partial charge in [-0.3, -0.25) is 4.79 Å². The Morgan fingerprint density at radius 2 is 0.944 bits per heavy atom. The number of Topliss-reactive ketones (excluding diaryl/α,β-unsaturated/α-hetero) is 1. The molecule has 4 aliphatic rings. The average molecular weight is 971 g/mol. The van der Waals surface area contributed by atoms with Crippen LogP contribution in [0.1, 0.15) is 61.8 Å². The van der Waals surface area contributed by atoms with Crippen LogP contribution in [0.15, 0.2) is 60.7 Å². The van der Waals surface area contributed by atoms with Gasteiger partial charge in [0.2, 0.25) is 11.9 Å². The number of benzene rings is 2. The summed E-state index contributed by atoms with van der Waals surface area (Å²) >= 11 is 0. The zero-order valence-corrected chi connectivity index (χ0v) is 41.5. The van der Waals surface area contributed by atoms with Crippen LogP contribution in [0.3, 0.4) is 0 Å². The highest BCUT2D eigenvalue weighted by atomic mass is 16.5. The fraction of sp³-hybridized carbons (Fsp3) is 0.462. The molecule has 10 rings (SSSR count). The van der Waals surface area contributed by atoms with Gasteiger partial charge in [-0.1, -0.05) is 19.1 Å². The number of ether oxygens (including phenoxy) is 6. The van der Waals surface area contributed by atoms with Crippen LogP contribution in [0.4, 0.5) is 23.5 Å². The van der Waals surface area contributed by atoms with Crippen LogP contribution in [0.5, 0.6) is 11.5 Å². The third-order valence-electron chi connectivity index (χ3n) is 13.4. The second-order valence-corrected chi connectivity index (χ2v) is 18.2. The normalized spacial score (nSPS) is 20.7. The van der Waals surface area contributed by atoms with Gasteiger partial charge in [0.15, 0.2) is 17.1 Å². The van der Waals surface area contributed by atoms with Crippen molar-refractivity contribution in [1.82, 2.24) is 29.9 Å². The van der Waals surface area contributed by atoms with E-state index in [2.05, 4.69) is 47.3 Å².